The predicted octanol–water partition coefficient (Wildman–Crippen LogP) is 3.17. The van der Waals surface area contributed by atoms with E-state index in [0.29, 0.717) is 5.92 Å². The van der Waals surface area contributed by atoms with Gasteiger partial charge >= 0.3 is 0 Å². The molecular formula is C11H13ClFN. The molecule has 76 valence electrons. The second-order valence-electron chi connectivity index (χ2n) is 3.86. The summed E-state index contributed by atoms with van der Waals surface area (Å²) >= 11 is 6.14. The summed E-state index contributed by atoms with van der Waals surface area (Å²) in [6, 6.07) is 1.73. The van der Waals surface area contributed by atoms with E-state index in [9.17, 15) is 4.39 Å². The Labute approximate surface area is 88.3 Å². The van der Waals surface area contributed by atoms with Crippen LogP contribution in [0.1, 0.15) is 24.8 Å². The molecule has 1 atom stereocenters. The SMILES string of the molecule is Fc1cnccc1CCC(Cl)C1CC1. The van der Waals surface area contributed by atoms with E-state index in [-0.39, 0.29) is 11.2 Å². The van der Waals surface area contributed by atoms with Crippen LogP contribution in [0.5, 0.6) is 0 Å². The first-order valence-corrected chi connectivity index (χ1v) is 5.43. The van der Waals surface area contributed by atoms with Crippen LogP contribution in [0, 0.1) is 11.7 Å². The number of aryl methyl sites for hydroxylation is 1. The quantitative estimate of drug-likeness (QED) is 0.701. The molecule has 0 bridgehead atoms. The summed E-state index contributed by atoms with van der Waals surface area (Å²) in [6.45, 7) is 0. The molecule has 1 aliphatic carbocycles. The molecule has 1 aromatic heterocycles. The topological polar surface area (TPSA) is 12.9 Å². The van der Waals surface area contributed by atoms with E-state index in [1.54, 1.807) is 12.3 Å². The smallest absolute Gasteiger partial charge is 0.144 e. The Morgan fingerprint density at radius 2 is 2.36 bits per heavy atom. The summed E-state index contributed by atoms with van der Waals surface area (Å²) in [5.74, 6) is 0.466. The molecule has 0 saturated heterocycles. The first kappa shape index (κ1) is 9.91. The maximum Gasteiger partial charge on any atom is 0.144 e. The van der Waals surface area contributed by atoms with Crippen molar-refractivity contribution >= 4 is 11.6 Å². The van der Waals surface area contributed by atoms with Gasteiger partial charge in [-0.15, -0.1) is 11.6 Å². The third-order valence-corrected chi connectivity index (χ3v) is 3.25. The van der Waals surface area contributed by atoms with Crippen molar-refractivity contribution < 1.29 is 4.39 Å². The van der Waals surface area contributed by atoms with Gasteiger partial charge in [-0.25, -0.2) is 4.39 Å². The summed E-state index contributed by atoms with van der Waals surface area (Å²) in [5.41, 5.74) is 0.728. The maximum absolute atomic E-state index is 13.2. The highest BCUT2D eigenvalue weighted by Gasteiger charge is 2.29. The standard InChI is InChI=1S/C11H13ClFN/c12-10(8-1-2-8)4-3-9-5-6-14-7-11(9)13/h5-8,10H,1-4H2. The fourth-order valence-corrected chi connectivity index (χ4v) is 1.95. The van der Waals surface area contributed by atoms with E-state index < -0.39 is 0 Å². The fraction of sp³-hybridized carbons (Fsp3) is 0.545. The molecule has 1 heterocycles. The van der Waals surface area contributed by atoms with Crippen LogP contribution < -0.4 is 0 Å². The summed E-state index contributed by atoms with van der Waals surface area (Å²) < 4.78 is 13.2. The van der Waals surface area contributed by atoms with E-state index in [1.165, 1.54) is 19.0 Å². The molecule has 0 aliphatic heterocycles. The van der Waals surface area contributed by atoms with E-state index in [2.05, 4.69) is 4.98 Å². The maximum atomic E-state index is 13.2. The predicted molar refractivity (Wildman–Crippen MR) is 54.9 cm³/mol. The summed E-state index contributed by atoms with van der Waals surface area (Å²) in [5, 5.41) is 0.225. The Bertz CT molecular complexity index is 312. The highest BCUT2D eigenvalue weighted by atomic mass is 35.5. The van der Waals surface area contributed by atoms with Gasteiger partial charge < -0.3 is 0 Å². The van der Waals surface area contributed by atoms with Crippen LogP contribution in [0.3, 0.4) is 0 Å². The van der Waals surface area contributed by atoms with Gasteiger partial charge in [0.25, 0.3) is 0 Å². The van der Waals surface area contributed by atoms with Gasteiger partial charge in [-0.05, 0) is 43.2 Å². The zero-order chi connectivity index (χ0) is 9.97. The van der Waals surface area contributed by atoms with Crippen molar-refractivity contribution in [3.8, 4) is 0 Å². The number of alkyl halides is 1. The van der Waals surface area contributed by atoms with Gasteiger partial charge in [0, 0.05) is 11.6 Å². The average molecular weight is 214 g/mol. The van der Waals surface area contributed by atoms with Crippen molar-refractivity contribution in [3.05, 3.63) is 29.8 Å². The number of nitrogens with zero attached hydrogens (tertiary/aromatic N) is 1. The van der Waals surface area contributed by atoms with Gasteiger partial charge in [-0.3, -0.25) is 4.98 Å². The number of hydrogen-bond donors (Lipinski definition) is 0. The second-order valence-corrected chi connectivity index (χ2v) is 4.42. The van der Waals surface area contributed by atoms with Crippen LogP contribution in [-0.4, -0.2) is 10.4 Å². The monoisotopic (exact) mass is 213 g/mol. The second kappa shape index (κ2) is 4.26. The highest BCUT2D eigenvalue weighted by Crippen LogP contribution is 2.37. The van der Waals surface area contributed by atoms with Crippen molar-refractivity contribution in [1.82, 2.24) is 4.98 Å². The zero-order valence-electron chi connectivity index (χ0n) is 7.92. The van der Waals surface area contributed by atoms with Crippen molar-refractivity contribution in [3.63, 3.8) is 0 Å². The summed E-state index contributed by atoms with van der Waals surface area (Å²) in [7, 11) is 0. The molecule has 0 N–H and O–H groups in total. The van der Waals surface area contributed by atoms with E-state index in [1.807, 2.05) is 0 Å². The Balaban J connectivity index is 1.87. The molecule has 1 aliphatic rings. The number of aromatic nitrogens is 1. The molecule has 1 fully saturated rings. The van der Waals surface area contributed by atoms with Gasteiger partial charge in [-0.2, -0.15) is 0 Å². The number of pyridine rings is 1. The minimum absolute atomic E-state index is 0.216. The molecule has 3 heteroatoms. The van der Waals surface area contributed by atoms with Crippen LogP contribution in [0.4, 0.5) is 4.39 Å². The fourth-order valence-electron chi connectivity index (χ4n) is 1.59. The van der Waals surface area contributed by atoms with Crippen LogP contribution in [-0.2, 0) is 6.42 Å². The van der Waals surface area contributed by atoms with Gasteiger partial charge in [0.05, 0.1) is 6.20 Å². The molecule has 1 nitrogen and oxygen atoms in total. The first-order valence-electron chi connectivity index (χ1n) is 5.00. The summed E-state index contributed by atoms with van der Waals surface area (Å²) in [6.07, 6.45) is 6.96. The Hall–Kier alpha value is -0.630. The molecule has 1 unspecified atom stereocenters. The average Bonchev–Trinajstić information content (AvgIpc) is 2.99. The molecule has 14 heavy (non-hydrogen) atoms. The van der Waals surface area contributed by atoms with Crippen molar-refractivity contribution in [2.75, 3.05) is 0 Å². The minimum Gasteiger partial charge on any atom is -0.262 e. The molecule has 0 amide bonds. The van der Waals surface area contributed by atoms with Crippen molar-refractivity contribution in [2.45, 2.75) is 31.1 Å². The van der Waals surface area contributed by atoms with E-state index in [4.69, 9.17) is 11.6 Å². The number of halogens is 2. The van der Waals surface area contributed by atoms with Crippen LogP contribution in [0.2, 0.25) is 0 Å². The molecule has 0 radical (unpaired) electrons. The van der Waals surface area contributed by atoms with Crippen molar-refractivity contribution in [2.24, 2.45) is 5.92 Å². The van der Waals surface area contributed by atoms with E-state index >= 15 is 0 Å². The van der Waals surface area contributed by atoms with Gasteiger partial charge in [0.15, 0.2) is 0 Å². The third kappa shape index (κ3) is 2.44. The van der Waals surface area contributed by atoms with Gasteiger partial charge in [0.1, 0.15) is 5.82 Å². The third-order valence-electron chi connectivity index (χ3n) is 2.68. The molecule has 1 saturated carbocycles. The number of hydrogen-bond acceptors (Lipinski definition) is 1. The highest BCUT2D eigenvalue weighted by molar-refractivity contribution is 6.20. The molecule has 0 spiro atoms. The zero-order valence-corrected chi connectivity index (χ0v) is 8.67. The molecule has 0 aromatic carbocycles. The lowest BCUT2D eigenvalue weighted by Gasteiger charge is -2.07. The minimum atomic E-state index is -0.216. The number of rotatable bonds is 4. The van der Waals surface area contributed by atoms with Gasteiger partial charge in [0.2, 0.25) is 0 Å². The molecular weight excluding hydrogens is 201 g/mol. The lowest BCUT2D eigenvalue weighted by atomic mass is 10.1. The largest absolute Gasteiger partial charge is 0.262 e. The van der Waals surface area contributed by atoms with Crippen molar-refractivity contribution in [1.29, 1.82) is 0 Å². The van der Waals surface area contributed by atoms with Crippen LogP contribution in [0.25, 0.3) is 0 Å². The normalized spacial score (nSPS) is 18.1. The Kier molecular flexibility index (Phi) is 3.02. The Morgan fingerprint density at radius 1 is 1.57 bits per heavy atom. The summed E-state index contributed by atoms with van der Waals surface area (Å²) in [4.78, 5) is 3.71. The van der Waals surface area contributed by atoms with Crippen LogP contribution in [0.15, 0.2) is 18.5 Å². The van der Waals surface area contributed by atoms with Crippen LogP contribution >= 0.6 is 11.6 Å². The lowest BCUT2D eigenvalue weighted by molar-refractivity contribution is 0.589. The molecule has 1 aromatic rings. The van der Waals surface area contributed by atoms with E-state index in [0.717, 1.165) is 18.4 Å². The lowest BCUT2D eigenvalue weighted by Crippen LogP contribution is -2.04. The first-order chi connectivity index (χ1) is 6.77. The molecule has 2 rings (SSSR count). The van der Waals surface area contributed by atoms with Gasteiger partial charge in [-0.1, -0.05) is 0 Å². The Morgan fingerprint density at radius 3 is 3.00 bits per heavy atom.